The van der Waals surface area contributed by atoms with Crippen LogP contribution in [0.1, 0.15) is 12.8 Å². The van der Waals surface area contributed by atoms with E-state index < -0.39 is 0 Å². The molecule has 2 aliphatic rings. The number of aryl methyl sites for hydroxylation is 1. The fourth-order valence-electron chi connectivity index (χ4n) is 3.37. The Kier molecular flexibility index (Phi) is 4.58. The first-order valence-corrected chi connectivity index (χ1v) is 9.02. The molecule has 0 spiro atoms. The van der Waals surface area contributed by atoms with Crippen LogP contribution in [0.2, 0.25) is 0 Å². The summed E-state index contributed by atoms with van der Waals surface area (Å²) in [5.74, 6) is -0.0125. The summed E-state index contributed by atoms with van der Waals surface area (Å²) in [4.78, 5) is 28.7. The molecule has 2 aliphatic heterocycles. The number of hydrogen-bond donors (Lipinski definition) is 0. The van der Waals surface area contributed by atoms with Gasteiger partial charge in [-0.2, -0.15) is 16.9 Å². The molecule has 0 aromatic carbocycles. The van der Waals surface area contributed by atoms with Gasteiger partial charge in [-0.1, -0.05) is 0 Å². The highest BCUT2D eigenvalue weighted by molar-refractivity contribution is 7.99. The van der Waals surface area contributed by atoms with Gasteiger partial charge in [-0.05, 0) is 32.2 Å². The molecular formula is C14H23N5O2S. The topological polar surface area (TPSA) is 63.4 Å². The summed E-state index contributed by atoms with van der Waals surface area (Å²) < 4.78 is 2.62. The SMILES string of the molecule is CS[C@H]1CN(C(=O)Cn2ncn(C)c2=O)C[C@@H]1N1CCCC1. The highest BCUT2D eigenvalue weighted by Crippen LogP contribution is 2.27. The molecule has 1 aromatic rings. The molecule has 2 atom stereocenters. The Bertz CT molecular complexity index is 592. The van der Waals surface area contributed by atoms with Gasteiger partial charge >= 0.3 is 5.69 Å². The van der Waals surface area contributed by atoms with Gasteiger partial charge in [-0.15, -0.1) is 0 Å². The van der Waals surface area contributed by atoms with E-state index in [0.29, 0.717) is 11.3 Å². The zero-order valence-electron chi connectivity index (χ0n) is 13.1. The van der Waals surface area contributed by atoms with Crippen molar-refractivity contribution in [3.63, 3.8) is 0 Å². The van der Waals surface area contributed by atoms with E-state index in [1.165, 1.54) is 28.4 Å². The molecule has 3 heterocycles. The Labute approximate surface area is 134 Å². The number of rotatable bonds is 4. The third kappa shape index (κ3) is 2.94. The molecule has 0 N–H and O–H groups in total. The number of carbonyl (C=O) groups is 1. The Morgan fingerprint density at radius 3 is 2.68 bits per heavy atom. The summed E-state index contributed by atoms with van der Waals surface area (Å²) in [7, 11) is 1.64. The number of hydrogen-bond acceptors (Lipinski definition) is 5. The molecule has 0 saturated carbocycles. The molecule has 1 aromatic heterocycles. The third-order valence-corrected chi connectivity index (χ3v) is 5.74. The Hall–Kier alpha value is -1.28. The maximum absolute atomic E-state index is 12.5. The summed E-state index contributed by atoms with van der Waals surface area (Å²) >= 11 is 1.84. The molecule has 0 bridgehead atoms. The number of likely N-dealkylation sites (tertiary alicyclic amines) is 2. The average Bonchev–Trinajstić information content (AvgIpc) is 3.22. The highest BCUT2D eigenvalue weighted by Gasteiger charge is 2.39. The van der Waals surface area contributed by atoms with Gasteiger partial charge in [0.1, 0.15) is 12.9 Å². The molecule has 8 heteroatoms. The van der Waals surface area contributed by atoms with Crippen LogP contribution in [0.25, 0.3) is 0 Å². The summed E-state index contributed by atoms with van der Waals surface area (Å²) in [5, 5.41) is 4.43. The van der Waals surface area contributed by atoms with Gasteiger partial charge in [-0.3, -0.25) is 14.3 Å². The van der Waals surface area contributed by atoms with Crippen molar-refractivity contribution in [1.82, 2.24) is 24.1 Å². The van der Waals surface area contributed by atoms with Crippen molar-refractivity contribution in [2.45, 2.75) is 30.7 Å². The first-order chi connectivity index (χ1) is 10.6. The molecule has 122 valence electrons. The highest BCUT2D eigenvalue weighted by atomic mass is 32.2. The molecule has 0 unspecified atom stereocenters. The first-order valence-electron chi connectivity index (χ1n) is 7.73. The number of carbonyl (C=O) groups excluding carboxylic acids is 1. The third-order valence-electron chi connectivity index (χ3n) is 4.67. The van der Waals surface area contributed by atoms with Crippen LogP contribution in [0.5, 0.6) is 0 Å². The minimum atomic E-state index is -0.245. The minimum absolute atomic E-state index is 0.0125. The number of amides is 1. The van der Waals surface area contributed by atoms with Crippen LogP contribution in [0, 0.1) is 0 Å². The van der Waals surface area contributed by atoms with Gasteiger partial charge < -0.3 is 4.90 Å². The van der Waals surface area contributed by atoms with Gasteiger partial charge in [0, 0.05) is 31.4 Å². The van der Waals surface area contributed by atoms with Crippen LogP contribution in [0.4, 0.5) is 0 Å². The van der Waals surface area contributed by atoms with E-state index in [-0.39, 0.29) is 18.1 Å². The molecule has 2 fully saturated rings. The summed E-state index contributed by atoms with van der Waals surface area (Å²) in [6.07, 6.45) is 6.08. The normalized spacial score (nSPS) is 26.0. The van der Waals surface area contributed by atoms with Crippen LogP contribution in [0.3, 0.4) is 0 Å². The molecular weight excluding hydrogens is 302 g/mol. The number of thioether (sulfide) groups is 1. The molecule has 3 rings (SSSR count). The summed E-state index contributed by atoms with van der Waals surface area (Å²) in [6, 6.07) is 0.446. The maximum Gasteiger partial charge on any atom is 0.345 e. The van der Waals surface area contributed by atoms with Gasteiger partial charge in [0.2, 0.25) is 5.91 Å². The first kappa shape index (κ1) is 15.6. The van der Waals surface area contributed by atoms with Gasteiger partial charge in [0.15, 0.2) is 0 Å². The van der Waals surface area contributed by atoms with E-state index in [2.05, 4.69) is 16.3 Å². The van der Waals surface area contributed by atoms with E-state index in [4.69, 9.17) is 0 Å². The summed E-state index contributed by atoms with van der Waals surface area (Å²) in [5.41, 5.74) is -0.245. The predicted molar refractivity (Wildman–Crippen MR) is 85.9 cm³/mol. The molecule has 7 nitrogen and oxygen atoms in total. The largest absolute Gasteiger partial charge is 0.345 e. The molecule has 0 radical (unpaired) electrons. The van der Waals surface area contributed by atoms with Gasteiger partial charge in [0.05, 0.1) is 0 Å². The second-order valence-electron chi connectivity index (χ2n) is 6.07. The molecule has 2 saturated heterocycles. The lowest BCUT2D eigenvalue weighted by Gasteiger charge is -2.26. The number of nitrogens with zero attached hydrogens (tertiary/aromatic N) is 5. The maximum atomic E-state index is 12.5. The van der Waals surface area contributed by atoms with Crippen molar-refractivity contribution >= 4 is 17.7 Å². The van der Waals surface area contributed by atoms with Crippen molar-refractivity contribution in [2.75, 3.05) is 32.4 Å². The molecule has 22 heavy (non-hydrogen) atoms. The second-order valence-corrected chi connectivity index (χ2v) is 7.14. The van der Waals surface area contributed by atoms with Crippen LogP contribution < -0.4 is 5.69 Å². The number of aromatic nitrogens is 3. The molecule has 1 amide bonds. The van der Waals surface area contributed by atoms with Crippen LogP contribution in [-0.4, -0.2) is 73.8 Å². The predicted octanol–water partition coefficient (Wildman–Crippen LogP) is -0.380. The Morgan fingerprint density at radius 2 is 2.09 bits per heavy atom. The van der Waals surface area contributed by atoms with E-state index >= 15 is 0 Å². The van der Waals surface area contributed by atoms with Crippen molar-refractivity contribution in [3.8, 4) is 0 Å². The van der Waals surface area contributed by atoms with E-state index in [1.807, 2.05) is 16.7 Å². The fourth-order valence-corrected chi connectivity index (χ4v) is 4.27. The fraction of sp³-hybridized carbons (Fsp3) is 0.786. The quantitative estimate of drug-likeness (QED) is 0.755. The van der Waals surface area contributed by atoms with Gasteiger partial charge in [-0.25, -0.2) is 9.48 Å². The smallest absolute Gasteiger partial charge is 0.338 e. The van der Waals surface area contributed by atoms with Crippen molar-refractivity contribution < 1.29 is 4.79 Å². The monoisotopic (exact) mass is 325 g/mol. The van der Waals surface area contributed by atoms with Crippen LogP contribution in [0.15, 0.2) is 11.1 Å². The van der Waals surface area contributed by atoms with Crippen molar-refractivity contribution in [2.24, 2.45) is 7.05 Å². The van der Waals surface area contributed by atoms with E-state index in [0.717, 1.165) is 26.2 Å². The summed E-state index contributed by atoms with van der Waals surface area (Å²) in [6.45, 7) is 3.86. The lowest BCUT2D eigenvalue weighted by molar-refractivity contribution is -0.131. The zero-order chi connectivity index (χ0) is 15.7. The van der Waals surface area contributed by atoms with Crippen molar-refractivity contribution in [1.29, 1.82) is 0 Å². The van der Waals surface area contributed by atoms with Crippen molar-refractivity contribution in [3.05, 3.63) is 16.8 Å². The lowest BCUT2D eigenvalue weighted by atomic mass is 10.2. The van der Waals surface area contributed by atoms with Gasteiger partial charge in [0.25, 0.3) is 0 Å². The van der Waals surface area contributed by atoms with E-state index in [1.54, 1.807) is 7.05 Å². The van der Waals surface area contributed by atoms with Crippen LogP contribution in [-0.2, 0) is 18.4 Å². The average molecular weight is 325 g/mol. The minimum Gasteiger partial charge on any atom is -0.338 e. The lowest BCUT2D eigenvalue weighted by Crippen LogP contribution is -2.41. The van der Waals surface area contributed by atoms with Crippen LogP contribution >= 0.6 is 11.8 Å². The Morgan fingerprint density at radius 1 is 1.36 bits per heavy atom. The standard InChI is InChI=1S/C14H23N5O2S/c1-16-10-15-19(14(16)21)9-13(20)18-7-11(12(8-18)22-2)17-5-3-4-6-17/h10-12H,3-9H2,1-2H3/t11-,12-/m0/s1. The second kappa shape index (κ2) is 6.45. The molecule has 0 aliphatic carbocycles. The Balaban J connectivity index is 1.66. The van der Waals surface area contributed by atoms with E-state index in [9.17, 15) is 9.59 Å². The zero-order valence-corrected chi connectivity index (χ0v) is 14.0.